The van der Waals surface area contributed by atoms with E-state index in [1.165, 1.54) is 0 Å². The van der Waals surface area contributed by atoms with Crippen molar-refractivity contribution in [1.29, 1.82) is 0 Å². The Labute approximate surface area is 129 Å². The first kappa shape index (κ1) is 16.8. The molecular weight excluding hydrogens is 316 g/mol. The summed E-state index contributed by atoms with van der Waals surface area (Å²) in [5.41, 5.74) is -1.55. The van der Waals surface area contributed by atoms with Gasteiger partial charge in [0.15, 0.2) is 0 Å². The fraction of sp³-hybridized carbons (Fsp3) is 0.286. The third-order valence-electron chi connectivity index (χ3n) is 2.97. The maximum atomic E-state index is 13.1. The van der Waals surface area contributed by atoms with Crippen molar-refractivity contribution < 1.29 is 22.4 Å². The van der Waals surface area contributed by atoms with Crippen molar-refractivity contribution in [1.82, 2.24) is 14.9 Å². The molecule has 2 amide bonds. The Morgan fingerprint density at radius 3 is 2.74 bits per heavy atom. The highest BCUT2D eigenvalue weighted by Gasteiger charge is 2.34. The van der Waals surface area contributed by atoms with Crippen LogP contribution in [0.2, 0.25) is 0 Å². The number of anilines is 1. The second-order valence-corrected chi connectivity index (χ2v) is 4.73. The Kier molecular flexibility index (Phi) is 5.20. The molecule has 0 radical (unpaired) electrons. The van der Waals surface area contributed by atoms with Gasteiger partial charge < -0.3 is 15.2 Å². The monoisotopic (exact) mass is 330 g/mol. The van der Waals surface area contributed by atoms with Crippen LogP contribution in [0.3, 0.4) is 0 Å². The summed E-state index contributed by atoms with van der Waals surface area (Å²) in [6, 6.07) is 1.63. The third-order valence-corrected chi connectivity index (χ3v) is 2.97. The van der Waals surface area contributed by atoms with Gasteiger partial charge in [0.25, 0.3) is 0 Å². The highest BCUT2D eigenvalue weighted by atomic mass is 19.4. The van der Waals surface area contributed by atoms with Crippen molar-refractivity contribution in [2.45, 2.75) is 19.1 Å². The zero-order valence-corrected chi connectivity index (χ0v) is 11.9. The molecule has 2 aromatic rings. The Bertz CT molecular complexity index is 655. The van der Waals surface area contributed by atoms with Crippen molar-refractivity contribution in [3.63, 3.8) is 0 Å². The van der Waals surface area contributed by atoms with E-state index in [-0.39, 0.29) is 5.69 Å². The molecule has 0 saturated heterocycles. The van der Waals surface area contributed by atoms with Crippen LogP contribution in [-0.2, 0) is 12.7 Å². The fourth-order valence-electron chi connectivity index (χ4n) is 1.88. The molecule has 1 aromatic heterocycles. The predicted molar refractivity (Wildman–Crippen MR) is 75.3 cm³/mol. The van der Waals surface area contributed by atoms with Gasteiger partial charge in [-0.15, -0.1) is 0 Å². The topological polar surface area (TPSA) is 59.0 Å². The number of nitrogens with one attached hydrogen (secondary N) is 2. The van der Waals surface area contributed by atoms with Crippen molar-refractivity contribution in [3.8, 4) is 0 Å². The summed E-state index contributed by atoms with van der Waals surface area (Å²) in [5, 5.41) is 4.75. The average molecular weight is 330 g/mol. The summed E-state index contributed by atoms with van der Waals surface area (Å²) in [7, 11) is 0. The van der Waals surface area contributed by atoms with Gasteiger partial charge in [-0.05, 0) is 24.6 Å². The number of carbonyl (C=O) groups is 1. The van der Waals surface area contributed by atoms with E-state index in [0.717, 1.165) is 6.07 Å². The number of nitrogens with zero attached hydrogens (tertiary/aromatic N) is 2. The quantitative estimate of drug-likeness (QED) is 0.653. The van der Waals surface area contributed by atoms with Crippen LogP contribution in [-0.4, -0.2) is 22.1 Å². The minimum atomic E-state index is -4.82. The number of amides is 2. The van der Waals surface area contributed by atoms with E-state index in [9.17, 15) is 22.4 Å². The van der Waals surface area contributed by atoms with E-state index in [2.05, 4.69) is 15.6 Å². The lowest BCUT2D eigenvalue weighted by Gasteiger charge is -2.11. The van der Waals surface area contributed by atoms with Crippen molar-refractivity contribution in [2.24, 2.45) is 0 Å². The molecular formula is C14H14F4N4O. The number of hydrogen-bond acceptors (Lipinski definition) is 2. The summed E-state index contributed by atoms with van der Waals surface area (Å²) in [6.07, 6.45) is 0.853. The number of rotatable bonds is 5. The first-order valence-corrected chi connectivity index (χ1v) is 6.73. The van der Waals surface area contributed by atoms with Gasteiger partial charge in [-0.1, -0.05) is 0 Å². The van der Waals surface area contributed by atoms with Gasteiger partial charge in [-0.3, -0.25) is 0 Å². The number of alkyl halides is 3. The molecule has 23 heavy (non-hydrogen) atoms. The van der Waals surface area contributed by atoms with E-state index in [1.54, 1.807) is 18.7 Å². The normalized spacial score (nSPS) is 11.3. The Morgan fingerprint density at radius 2 is 2.09 bits per heavy atom. The fourth-order valence-corrected chi connectivity index (χ4v) is 1.88. The molecule has 1 aromatic carbocycles. The van der Waals surface area contributed by atoms with Crippen LogP contribution >= 0.6 is 0 Å². The molecule has 124 valence electrons. The van der Waals surface area contributed by atoms with Gasteiger partial charge in [-0.25, -0.2) is 14.2 Å². The number of aromatic nitrogens is 2. The van der Waals surface area contributed by atoms with Gasteiger partial charge in [-0.2, -0.15) is 13.2 Å². The van der Waals surface area contributed by atoms with Gasteiger partial charge in [0.1, 0.15) is 5.82 Å². The van der Waals surface area contributed by atoms with Crippen molar-refractivity contribution in [3.05, 3.63) is 48.3 Å². The molecule has 1 heterocycles. The van der Waals surface area contributed by atoms with Crippen LogP contribution in [0.4, 0.5) is 28.0 Å². The minimum absolute atomic E-state index is 0.133. The number of carbonyl (C=O) groups excluding carboxylic acids is 1. The second-order valence-electron chi connectivity index (χ2n) is 4.73. The number of urea groups is 1. The molecule has 0 atom stereocenters. The van der Waals surface area contributed by atoms with E-state index >= 15 is 0 Å². The summed E-state index contributed by atoms with van der Waals surface area (Å²) >= 11 is 0. The average Bonchev–Trinajstić information content (AvgIpc) is 2.98. The zero-order valence-electron chi connectivity index (χ0n) is 11.9. The molecule has 0 unspecified atom stereocenters. The SMILES string of the molecule is O=C(NCCCn1ccnc1)Nc1ccc(F)c(C(F)(F)F)c1. The van der Waals surface area contributed by atoms with E-state index < -0.39 is 23.6 Å². The van der Waals surface area contributed by atoms with Gasteiger partial charge in [0.05, 0.1) is 11.9 Å². The Morgan fingerprint density at radius 1 is 1.30 bits per heavy atom. The van der Waals surface area contributed by atoms with Gasteiger partial charge >= 0.3 is 12.2 Å². The summed E-state index contributed by atoms with van der Waals surface area (Å²) < 4.78 is 52.7. The Balaban J connectivity index is 1.83. The molecule has 2 N–H and O–H groups in total. The largest absolute Gasteiger partial charge is 0.419 e. The lowest BCUT2D eigenvalue weighted by Crippen LogP contribution is -2.30. The molecule has 0 aliphatic carbocycles. The maximum Gasteiger partial charge on any atom is 0.419 e. The number of imidazole rings is 1. The molecule has 9 heteroatoms. The lowest BCUT2D eigenvalue weighted by molar-refractivity contribution is -0.139. The van der Waals surface area contributed by atoms with Crippen LogP contribution in [0.1, 0.15) is 12.0 Å². The van der Waals surface area contributed by atoms with Gasteiger partial charge in [0.2, 0.25) is 0 Å². The lowest BCUT2D eigenvalue weighted by atomic mass is 10.2. The van der Waals surface area contributed by atoms with E-state index in [1.807, 2.05) is 4.57 Å². The molecule has 5 nitrogen and oxygen atoms in total. The van der Waals surface area contributed by atoms with Crippen LogP contribution < -0.4 is 10.6 Å². The van der Waals surface area contributed by atoms with Crippen LogP contribution in [0.25, 0.3) is 0 Å². The first-order valence-electron chi connectivity index (χ1n) is 6.73. The molecule has 0 bridgehead atoms. The molecule has 2 rings (SSSR count). The standard InChI is InChI=1S/C14H14F4N4O/c15-12-3-2-10(8-11(12)14(16,17)18)21-13(23)20-4-1-6-22-7-5-19-9-22/h2-3,5,7-9H,1,4,6H2,(H2,20,21,23). The van der Waals surface area contributed by atoms with E-state index in [4.69, 9.17) is 0 Å². The molecule has 0 saturated carbocycles. The van der Waals surface area contributed by atoms with Crippen molar-refractivity contribution >= 4 is 11.7 Å². The van der Waals surface area contributed by atoms with E-state index in [0.29, 0.717) is 31.6 Å². The minimum Gasteiger partial charge on any atom is -0.338 e. The summed E-state index contributed by atoms with van der Waals surface area (Å²) in [5.74, 6) is -1.39. The summed E-state index contributed by atoms with van der Waals surface area (Å²) in [6.45, 7) is 0.979. The number of hydrogen-bond donors (Lipinski definition) is 2. The number of benzene rings is 1. The highest BCUT2D eigenvalue weighted by molar-refractivity contribution is 5.89. The Hall–Kier alpha value is -2.58. The number of halogens is 4. The van der Waals surface area contributed by atoms with Crippen LogP contribution in [0, 0.1) is 5.82 Å². The van der Waals surface area contributed by atoms with Gasteiger partial charge in [0, 0.05) is 31.2 Å². The van der Waals surface area contributed by atoms with Crippen LogP contribution in [0.15, 0.2) is 36.9 Å². The number of aryl methyl sites for hydroxylation is 1. The smallest absolute Gasteiger partial charge is 0.338 e. The first-order chi connectivity index (χ1) is 10.9. The zero-order chi connectivity index (χ0) is 16.9. The maximum absolute atomic E-state index is 13.1. The highest BCUT2D eigenvalue weighted by Crippen LogP contribution is 2.32. The second kappa shape index (κ2) is 7.12. The van der Waals surface area contributed by atoms with Crippen LogP contribution in [0.5, 0.6) is 0 Å². The predicted octanol–water partition coefficient (Wildman–Crippen LogP) is 3.25. The third kappa shape index (κ3) is 4.97. The molecule has 0 aliphatic rings. The molecule has 0 aliphatic heterocycles. The molecule has 0 spiro atoms. The summed E-state index contributed by atoms with van der Waals surface area (Å²) in [4.78, 5) is 15.5. The molecule has 0 fully saturated rings. The van der Waals surface area contributed by atoms with Crippen molar-refractivity contribution in [2.75, 3.05) is 11.9 Å².